The van der Waals surface area contributed by atoms with Gasteiger partial charge >= 0.3 is 5.97 Å². The largest absolute Gasteiger partial charge is 0.497 e. The summed E-state index contributed by atoms with van der Waals surface area (Å²) in [5.41, 5.74) is 2.18. The minimum absolute atomic E-state index is 0.282. The van der Waals surface area contributed by atoms with Gasteiger partial charge in [0.2, 0.25) is 0 Å². The van der Waals surface area contributed by atoms with Crippen LogP contribution in [0.4, 0.5) is 11.4 Å². The molecule has 0 aliphatic carbocycles. The molecule has 1 N–H and O–H groups in total. The molecule has 0 radical (unpaired) electrons. The van der Waals surface area contributed by atoms with E-state index in [1.165, 1.54) is 25.7 Å². The molecule has 0 aliphatic rings. The first-order valence-corrected chi connectivity index (χ1v) is 9.42. The van der Waals surface area contributed by atoms with E-state index in [1.807, 2.05) is 42.5 Å². The summed E-state index contributed by atoms with van der Waals surface area (Å²) in [6, 6.07) is 15.0. The number of rotatable bonds is 11. The third-order valence-electron chi connectivity index (χ3n) is 4.25. The van der Waals surface area contributed by atoms with Crippen LogP contribution in [0.5, 0.6) is 5.75 Å². The van der Waals surface area contributed by atoms with E-state index in [9.17, 15) is 4.79 Å². The topological polar surface area (TPSA) is 47.6 Å². The predicted octanol–water partition coefficient (Wildman–Crippen LogP) is 5.96. The maximum Gasteiger partial charge on any atom is 0.340 e. The van der Waals surface area contributed by atoms with Gasteiger partial charge in [-0.05, 0) is 42.8 Å². The molecule has 140 valence electrons. The van der Waals surface area contributed by atoms with Gasteiger partial charge in [-0.3, -0.25) is 0 Å². The molecule has 0 spiro atoms. The van der Waals surface area contributed by atoms with Crippen LogP contribution in [0.2, 0.25) is 0 Å². The van der Waals surface area contributed by atoms with Crippen LogP contribution in [0, 0.1) is 0 Å². The maximum absolute atomic E-state index is 12.4. The van der Waals surface area contributed by atoms with Crippen molar-refractivity contribution >= 4 is 17.3 Å². The molecule has 0 saturated heterocycles. The predicted molar refractivity (Wildman–Crippen MR) is 106 cm³/mol. The zero-order valence-electron chi connectivity index (χ0n) is 15.8. The Balaban J connectivity index is 1.87. The molecule has 4 heteroatoms. The third kappa shape index (κ3) is 6.43. The number of carbonyl (C=O) groups is 1. The van der Waals surface area contributed by atoms with Crippen molar-refractivity contribution in [2.75, 3.05) is 19.0 Å². The monoisotopic (exact) mass is 355 g/mol. The smallest absolute Gasteiger partial charge is 0.340 e. The Hall–Kier alpha value is -2.49. The molecule has 0 heterocycles. The molecule has 0 unspecified atom stereocenters. The number of esters is 1. The SMILES string of the molecule is CCCCCCCCOC(=O)c1ccccc1Nc1ccc(OC)cc1. The van der Waals surface area contributed by atoms with Gasteiger partial charge in [0.25, 0.3) is 0 Å². The first kappa shape index (κ1) is 19.8. The number of nitrogens with one attached hydrogen (secondary N) is 1. The number of methoxy groups -OCH3 is 1. The van der Waals surface area contributed by atoms with Crippen molar-refractivity contribution in [3.05, 3.63) is 54.1 Å². The second-order valence-corrected chi connectivity index (χ2v) is 6.30. The molecule has 0 atom stereocenters. The van der Waals surface area contributed by atoms with Crippen molar-refractivity contribution in [3.8, 4) is 5.75 Å². The van der Waals surface area contributed by atoms with Gasteiger partial charge in [-0.15, -0.1) is 0 Å². The molecule has 0 amide bonds. The number of hydrogen-bond donors (Lipinski definition) is 1. The van der Waals surface area contributed by atoms with Crippen molar-refractivity contribution in [2.24, 2.45) is 0 Å². The van der Waals surface area contributed by atoms with Crippen LogP contribution in [-0.2, 0) is 4.74 Å². The fourth-order valence-corrected chi connectivity index (χ4v) is 2.72. The Bertz CT molecular complexity index is 667. The van der Waals surface area contributed by atoms with Gasteiger partial charge in [-0.2, -0.15) is 0 Å². The van der Waals surface area contributed by atoms with Gasteiger partial charge in [0.1, 0.15) is 5.75 Å². The van der Waals surface area contributed by atoms with E-state index in [1.54, 1.807) is 13.2 Å². The second kappa shape index (κ2) is 11.2. The normalized spacial score (nSPS) is 10.4. The lowest BCUT2D eigenvalue weighted by atomic mass is 10.1. The minimum Gasteiger partial charge on any atom is -0.497 e. The van der Waals surface area contributed by atoms with E-state index in [-0.39, 0.29) is 5.97 Å². The molecule has 0 aliphatic heterocycles. The highest BCUT2D eigenvalue weighted by Crippen LogP contribution is 2.23. The van der Waals surface area contributed by atoms with Crippen LogP contribution >= 0.6 is 0 Å². The average molecular weight is 355 g/mol. The second-order valence-electron chi connectivity index (χ2n) is 6.30. The molecule has 0 fully saturated rings. The van der Waals surface area contributed by atoms with Gasteiger partial charge in [-0.25, -0.2) is 4.79 Å². The Kier molecular flexibility index (Phi) is 8.53. The van der Waals surface area contributed by atoms with Gasteiger partial charge < -0.3 is 14.8 Å². The number of ether oxygens (including phenoxy) is 2. The lowest BCUT2D eigenvalue weighted by molar-refractivity contribution is 0.0499. The summed E-state index contributed by atoms with van der Waals surface area (Å²) in [5.74, 6) is 0.511. The van der Waals surface area contributed by atoms with Crippen molar-refractivity contribution in [1.82, 2.24) is 0 Å². The van der Waals surface area contributed by atoms with E-state index in [2.05, 4.69) is 12.2 Å². The molecule has 2 aromatic carbocycles. The lowest BCUT2D eigenvalue weighted by Crippen LogP contribution is -2.09. The Morgan fingerprint density at radius 2 is 1.62 bits per heavy atom. The maximum atomic E-state index is 12.4. The summed E-state index contributed by atoms with van der Waals surface area (Å²) < 4.78 is 10.6. The number of hydrogen-bond acceptors (Lipinski definition) is 4. The van der Waals surface area contributed by atoms with Gasteiger partial charge in [-0.1, -0.05) is 51.2 Å². The standard InChI is InChI=1S/C22H29NO3/c1-3-4-5-6-7-10-17-26-22(24)20-11-8-9-12-21(20)23-18-13-15-19(25-2)16-14-18/h8-9,11-16,23H,3-7,10,17H2,1-2H3. The van der Waals surface area contributed by atoms with Gasteiger partial charge in [0.15, 0.2) is 0 Å². The van der Waals surface area contributed by atoms with Crippen molar-refractivity contribution in [2.45, 2.75) is 45.4 Å². The van der Waals surface area contributed by atoms with Crippen LogP contribution in [0.1, 0.15) is 55.8 Å². The summed E-state index contributed by atoms with van der Waals surface area (Å²) >= 11 is 0. The van der Waals surface area contributed by atoms with Crippen molar-refractivity contribution in [1.29, 1.82) is 0 Å². The van der Waals surface area contributed by atoms with E-state index < -0.39 is 0 Å². The molecule has 4 nitrogen and oxygen atoms in total. The first-order chi connectivity index (χ1) is 12.7. The molecule has 26 heavy (non-hydrogen) atoms. The zero-order chi connectivity index (χ0) is 18.6. The molecule has 2 aromatic rings. The minimum atomic E-state index is -0.282. The van der Waals surface area contributed by atoms with Crippen LogP contribution in [0.15, 0.2) is 48.5 Å². The summed E-state index contributed by atoms with van der Waals surface area (Å²) in [6.07, 6.45) is 7.03. The highest BCUT2D eigenvalue weighted by atomic mass is 16.5. The first-order valence-electron chi connectivity index (χ1n) is 9.42. The quantitative estimate of drug-likeness (QED) is 0.399. The summed E-state index contributed by atoms with van der Waals surface area (Å²) in [7, 11) is 1.64. The summed E-state index contributed by atoms with van der Waals surface area (Å²) in [5, 5.41) is 3.27. The van der Waals surface area contributed by atoms with E-state index in [0.717, 1.165) is 30.0 Å². The summed E-state index contributed by atoms with van der Waals surface area (Å²) in [4.78, 5) is 12.4. The van der Waals surface area contributed by atoms with Crippen LogP contribution in [0.25, 0.3) is 0 Å². The fourth-order valence-electron chi connectivity index (χ4n) is 2.72. The zero-order valence-corrected chi connectivity index (χ0v) is 15.8. The molecule has 2 rings (SSSR count). The Labute approximate surface area is 156 Å². The molecule has 0 aromatic heterocycles. The van der Waals surface area contributed by atoms with Crippen LogP contribution in [-0.4, -0.2) is 19.7 Å². The van der Waals surface area contributed by atoms with E-state index in [0.29, 0.717) is 12.2 Å². The van der Waals surface area contributed by atoms with Gasteiger partial charge in [0.05, 0.1) is 25.0 Å². The molecule has 0 bridgehead atoms. The lowest BCUT2D eigenvalue weighted by Gasteiger charge is -2.12. The molecular formula is C22H29NO3. The van der Waals surface area contributed by atoms with Crippen LogP contribution in [0.3, 0.4) is 0 Å². The van der Waals surface area contributed by atoms with Crippen molar-refractivity contribution < 1.29 is 14.3 Å². The van der Waals surface area contributed by atoms with E-state index >= 15 is 0 Å². The number of unbranched alkanes of at least 4 members (excludes halogenated alkanes) is 5. The van der Waals surface area contributed by atoms with Crippen molar-refractivity contribution in [3.63, 3.8) is 0 Å². The highest BCUT2D eigenvalue weighted by molar-refractivity contribution is 5.96. The molecular weight excluding hydrogens is 326 g/mol. The number of benzene rings is 2. The fraction of sp³-hybridized carbons (Fsp3) is 0.409. The number of para-hydroxylation sites is 1. The summed E-state index contributed by atoms with van der Waals surface area (Å²) in [6.45, 7) is 2.68. The Morgan fingerprint density at radius 1 is 0.923 bits per heavy atom. The third-order valence-corrected chi connectivity index (χ3v) is 4.25. The van der Waals surface area contributed by atoms with Gasteiger partial charge in [0, 0.05) is 5.69 Å². The average Bonchev–Trinajstić information content (AvgIpc) is 2.68. The molecule has 0 saturated carbocycles. The van der Waals surface area contributed by atoms with E-state index in [4.69, 9.17) is 9.47 Å². The Morgan fingerprint density at radius 3 is 2.35 bits per heavy atom. The number of carbonyl (C=O) groups excluding carboxylic acids is 1. The number of anilines is 2. The highest BCUT2D eigenvalue weighted by Gasteiger charge is 2.12. The van der Waals surface area contributed by atoms with Crippen LogP contribution < -0.4 is 10.1 Å².